The first kappa shape index (κ1) is 40.9. The van der Waals surface area contributed by atoms with E-state index in [0.29, 0.717) is 58.9 Å². The number of nitrogens with one attached hydrogen (secondary N) is 1. The minimum Gasteiger partial charge on any atom is -0.496 e. The molecular formula is C44H55NO8. The monoisotopic (exact) mass is 725 g/mol. The Morgan fingerprint density at radius 3 is 1.96 bits per heavy atom. The minimum atomic E-state index is -0.697. The first-order valence-electron chi connectivity index (χ1n) is 18.2. The molecule has 0 unspecified atom stereocenters. The Morgan fingerprint density at radius 1 is 0.811 bits per heavy atom. The molecule has 0 saturated heterocycles. The summed E-state index contributed by atoms with van der Waals surface area (Å²) in [5.74, 6) is 1.26. The van der Waals surface area contributed by atoms with Gasteiger partial charge in [-0.1, -0.05) is 79.7 Å². The maximum absolute atomic E-state index is 14.3. The summed E-state index contributed by atoms with van der Waals surface area (Å²) in [5.41, 5.74) is 2.99. The van der Waals surface area contributed by atoms with Crippen LogP contribution >= 0.6 is 0 Å². The molecule has 4 rings (SSSR count). The molecule has 53 heavy (non-hydrogen) atoms. The Balaban J connectivity index is 1.59. The Labute approximate surface area is 314 Å². The van der Waals surface area contributed by atoms with Crippen molar-refractivity contribution in [2.75, 3.05) is 26.6 Å². The fourth-order valence-corrected chi connectivity index (χ4v) is 6.22. The third-order valence-corrected chi connectivity index (χ3v) is 8.96. The number of hydrogen-bond donors (Lipinski definition) is 1. The standard InChI is InChI=1S/C44H55NO8/c1-10-31(22-24-37(52-28-33-19-15-12-16-20-33)30(3)51-27-32-17-13-11-14-18-32)21-23-36(46)40-39-34(25-29(2)41(40)49-8)42(50-9)35(26-38(39)48-7)45-43(47)53-44(4,5)6/h11-20,22,24-26,30-31,37H,10,21,23,27-28H2,1-9H3,(H,45,47)/t30-,31+,37-/m0/s1. The molecule has 4 aromatic carbocycles. The highest BCUT2D eigenvalue weighted by Crippen LogP contribution is 2.46. The number of ether oxygens (including phenoxy) is 6. The van der Waals surface area contributed by atoms with Crippen LogP contribution in [0.3, 0.4) is 0 Å². The number of ketones is 1. The number of Topliss-reactive ketones (excluding diaryl/α,β-unsaturated/α-hetero) is 1. The first-order chi connectivity index (χ1) is 25.4. The lowest BCUT2D eigenvalue weighted by molar-refractivity contribution is -0.0558. The van der Waals surface area contributed by atoms with Gasteiger partial charge in [0.15, 0.2) is 11.5 Å². The number of anilines is 1. The normalized spacial score (nSPS) is 13.4. The zero-order chi connectivity index (χ0) is 38.5. The van der Waals surface area contributed by atoms with Gasteiger partial charge in [-0.05, 0) is 76.1 Å². The summed E-state index contributed by atoms with van der Waals surface area (Å²) in [6.45, 7) is 12.3. The first-order valence-corrected chi connectivity index (χ1v) is 18.2. The van der Waals surface area contributed by atoms with Gasteiger partial charge in [0, 0.05) is 23.3 Å². The second-order valence-electron chi connectivity index (χ2n) is 14.1. The van der Waals surface area contributed by atoms with Gasteiger partial charge in [-0.15, -0.1) is 0 Å². The molecule has 0 aromatic heterocycles. The van der Waals surface area contributed by atoms with Gasteiger partial charge in [-0.25, -0.2) is 4.79 Å². The second-order valence-corrected chi connectivity index (χ2v) is 14.1. The summed E-state index contributed by atoms with van der Waals surface area (Å²) >= 11 is 0. The number of benzene rings is 4. The van der Waals surface area contributed by atoms with Crippen molar-refractivity contribution in [3.05, 3.63) is 107 Å². The number of amides is 1. The van der Waals surface area contributed by atoms with E-state index in [0.717, 1.165) is 23.1 Å². The molecule has 4 aromatic rings. The maximum Gasteiger partial charge on any atom is 0.412 e. The number of aryl methyl sites for hydroxylation is 1. The molecule has 0 aliphatic carbocycles. The maximum atomic E-state index is 14.3. The second kappa shape index (κ2) is 19.3. The number of fused-ring (bicyclic) bond motifs is 1. The molecule has 0 fully saturated rings. The van der Waals surface area contributed by atoms with Crippen molar-refractivity contribution < 1.29 is 38.0 Å². The van der Waals surface area contributed by atoms with Crippen LogP contribution < -0.4 is 19.5 Å². The molecule has 9 heteroatoms. The predicted octanol–water partition coefficient (Wildman–Crippen LogP) is 10.3. The van der Waals surface area contributed by atoms with Gasteiger partial charge in [-0.2, -0.15) is 0 Å². The summed E-state index contributed by atoms with van der Waals surface area (Å²) in [6.07, 6.45) is 4.77. The fraction of sp³-hybridized carbons (Fsp3) is 0.409. The quantitative estimate of drug-likeness (QED) is 0.0799. The summed E-state index contributed by atoms with van der Waals surface area (Å²) in [4.78, 5) is 27.0. The van der Waals surface area contributed by atoms with E-state index in [1.807, 2.05) is 80.6 Å². The highest BCUT2D eigenvalue weighted by molar-refractivity contribution is 6.16. The van der Waals surface area contributed by atoms with Crippen LogP contribution in [-0.2, 0) is 27.4 Å². The Bertz CT molecular complexity index is 1830. The van der Waals surface area contributed by atoms with Gasteiger partial charge in [0.2, 0.25) is 0 Å². The van der Waals surface area contributed by atoms with E-state index in [2.05, 4.69) is 24.4 Å². The average Bonchev–Trinajstić information content (AvgIpc) is 3.14. The Morgan fingerprint density at radius 2 is 1.42 bits per heavy atom. The largest absolute Gasteiger partial charge is 0.496 e. The van der Waals surface area contributed by atoms with Gasteiger partial charge in [0.25, 0.3) is 0 Å². The lowest BCUT2D eigenvalue weighted by atomic mass is 9.90. The summed E-state index contributed by atoms with van der Waals surface area (Å²) < 4.78 is 35.6. The van der Waals surface area contributed by atoms with Crippen molar-refractivity contribution >= 4 is 28.3 Å². The molecule has 284 valence electrons. The zero-order valence-corrected chi connectivity index (χ0v) is 32.6. The predicted molar refractivity (Wildman–Crippen MR) is 210 cm³/mol. The number of hydrogen-bond acceptors (Lipinski definition) is 8. The molecule has 0 spiro atoms. The highest BCUT2D eigenvalue weighted by atomic mass is 16.6. The topological polar surface area (TPSA) is 102 Å². The summed E-state index contributed by atoms with van der Waals surface area (Å²) in [7, 11) is 4.60. The molecule has 0 bridgehead atoms. The molecule has 0 saturated carbocycles. The minimum absolute atomic E-state index is 0.0907. The van der Waals surface area contributed by atoms with Gasteiger partial charge in [0.1, 0.15) is 23.2 Å². The van der Waals surface area contributed by atoms with Crippen molar-refractivity contribution in [3.63, 3.8) is 0 Å². The van der Waals surface area contributed by atoms with E-state index in [1.165, 1.54) is 14.2 Å². The van der Waals surface area contributed by atoms with Crippen LogP contribution in [0.15, 0.2) is 84.9 Å². The van der Waals surface area contributed by atoms with Crippen LogP contribution in [0.4, 0.5) is 10.5 Å². The third-order valence-electron chi connectivity index (χ3n) is 8.96. The lowest BCUT2D eigenvalue weighted by Crippen LogP contribution is -2.27. The van der Waals surface area contributed by atoms with Gasteiger partial charge < -0.3 is 28.4 Å². The molecule has 0 aliphatic heterocycles. The highest BCUT2D eigenvalue weighted by Gasteiger charge is 2.27. The van der Waals surface area contributed by atoms with E-state index < -0.39 is 11.7 Å². The van der Waals surface area contributed by atoms with E-state index in [-0.39, 0.29) is 30.3 Å². The lowest BCUT2D eigenvalue weighted by Gasteiger charge is -2.23. The van der Waals surface area contributed by atoms with Crippen molar-refractivity contribution in [1.82, 2.24) is 0 Å². The van der Waals surface area contributed by atoms with Crippen molar-refractivity contribution in [2.24, 2.45) is 5.92 Å². The third kappa shape index (κ3) is 11.3. The summed E-state index contributed by atoms with van der Waals surface area (Å²) in [5, 5.41) is 3.94. The molecule has 0 heterocycles. The number of rotatable bonds is 18. The average molecular weight is 726 g/mol. The van der Waals surface area contributed by atoms with Gasteiger partial charge >= 0.3 is 6.09 Å². The fourth-order valence-electron chi connectivity index (χ4n) is 6.22. The SMILES string of the molecule is CC[C@@H](C=C[C@H](OCc1ccccc1)[C@H](C)OCc1ccccc1)CCC(=O)c1c(OC)c(C)cc2c(OC)c(NC(=O)OC(C)(C)C)cc(OC)c12. The molecule has 1 N–H and O–H groups in total. The molecule has 0 aliphatic rings. The van der Waals surface area contributed by atoms with Gasteiger partial charge in [0.05, 0.1) is 51.9 Å². The van der Waals surface area contributed by atoms with Crippen molar-refractivity contribution in [1.29, 1.82) is 0 Å². The zero-order valence-electron chi connectivity index (χ0n) is 32.6. The Kier molecular flexibility index (Phi) is 14.9. The van der Waals surface area contributed by atoms with Gasteiger partial charge in [-0.3, -0.25) is 10.1 Å². The van der Waals surface area contributed by atoms with Crippen LogP contribution in [0.1, 0.15) is 80.9 Å². The number of carbonyl (C=O) groups is 2. The molecular weight excluding hydrogens is 670 g/mol. The Hall–Kier alpha value is -4.86. The van der Waals surface area contributed by atoms with Crippen LogP contribution in [0.5, 0.6) is 17.2 Å². The molecule has 0 radical (unpaired) electrons. The van der Waals surface area contributed by atoms with Crippen LogP contribution in [-0.4, -0.2) is 51.0 Å². The van der Waals surface area contributed by atoms with E-state index >= 15 is 0 Å². The van der Waals surface area contributed by atoms with Crippen LogP contribution in [0, 0.1) is 12.8 Å². The molecule has 9 nitrogen and oxygen atoms in total. The van der Waals surface area contributed by atoms with Crippen molar-refractivity contribution in [3.8, 4) is 17.2 Å². The van der Waals surface area contributed by atoms with Crippen LogP contribution in [0.2, 0.25) is 0 Å². The van der Waals surface area contributed by atoms with Crippen molar-refractivity contribution in [2.45, 2.75) is 91.8 Å². The van der Waals surface area contributed by atoms with E-state index in [4.69, 9.17) is 28.4 Å². The number of allylic oxidation sites excluding steroid dienone is 1. The molecule has 3 atom stereocenters. The number of methoxy groups -OCH3 is 3. The van der Waals surface area contributed by atoms with E-state index in [9.17, 15) is 9.59 Å². The molecule has 1 amide bonds. The van der Waals surface area contributed by atoms with E-state index in [1.54, 1.807) is 33.9 Å². The number of carbonyl (C=O) groups excluding carboxylic acids is 2. The smallest absolute Gasteiger partial charge is 0.412 e. The summed E-state index contributed by atoms with van der Waals surface area (Å²) in [6, 6.07) is 23.7. The van der Waals surface area contributed by atoms with Crippen LogP contribution in [0.25, 0.3) is 10.8 Å².